The molecule has 1 atom stereocenters. The predicted octanol–water partition coefficient (Wildman–Crippen LogP) is 2.27. The second-order valence-corrected chi connectivity index (χ2v) is 8.17. The van der Waals surface area contributed by atoms with Gasteiger partial charge in [0.15, 0.2) is 11.5 Å². The molecule has 0 N–H and O–H groups in total. The fourth-order valence-corrected chi connectivity index (χ4v) is 4.75. The van der Waals surface area contributed by atoms with Crippen LogP contribution in [-0.4, -0.2) is 52.0 Å². The Bertz CT molecular complexity index is 978. The van der Waals surface area contributed by atoms with Gasteiger partial charge in [0.05, 0.1) is 19.1 Å². The minimum absolute atomic E-state index is 0.0480. The fourth-order valence-electron chi connectivity index (χ4n) is 3.17. The Hall–Kier alpha value is -2.65. The molecule has 0 bridgehead atoms. The van der Waals surface area contributed by atoms with Gasteiger partial charge in [-0.15, -0.1) is 0 Å². The number of hydrogen-bond donors (Lipinski definition) is 0. The first-order chi connectivity index (χ1) is 13.3. The van der Waals surface area contributed by atoms with Crippen LogP contribution in [0.5, 0.6) is 11.5 Å². The largest absolute Gasteiger partial charge is 0.493 e. The van der Waals surface area contributed by atoms with E-state index < -0.39 is 21.9 Å². The molecule has 1 amide bonds. The van der Waals surface area contributed by atoms with Crippen molar-refractivity contribution in [3.8, 4) is 11.5 Å². The number of hydrogen-bond acceptors (Lipinski definition) is 5. The lowest BCUT2D eigenvalue weighted by molar-refractivity contribution is -0.123. The van der Waals surface area contributed by atoms with Gasteiger partial charge in [-0.3, -0.25) is 4.79 Å². The summed E-state index contributed by atoms with van der Waals surface area (Å²) < 4.78 is 50.5. The van der Waals surface area contributed by atoms with Crippen LogP contribution in [0, 0.1) is 5.82 Å². The van der Waals surface area contributed by atoms with Crippen LogP contribution >= 0.6 is 0 Å². The highest BCUT2D eigenvalue weighted by Crippen LogP contribution is 2.33. The van der Waals surface area contributed by atoms with E-state index >= 15 is 0 Å². The molecule has 1 aliphatic heterocycles. The number of methoxy groups -OCH3 is 2. The van der Waals surface area contributed by atoms with Crippen molar-refractivity contribution in [1.82, 2.24) is 4.31 Å². The molecule has 1 aliphatic rings. The molecule has 28 heavy (non-hydrogen) atoms. The van der Waals surface area contributed by atoms with Crippen LogP contribution in [0.4, 0.5) is 10.1 Å². The molecule has 1 fully saturated rings. The Kier molecular flexibility index (Phi) is 5.57. The molecule has 2 aromatic carbocycles. The van der Waals surface area contributed by atoms with Crippen LogP contribution in [0.25, 0.3) is 0 Å². The van der Waals surface area contributed by atoms with E-state index in [-0.39, 0.29) is 23.9 Å². The first-order valence-electron chi connectivity index (χ1n) is 8.60. The zero-order valence-electron chi connectivity index (χ0n) is 15.8. The number of sulfonamides is 1. The fraction of sp³-hybridized carbons (Fsp3) is 0.316. The molecule has 1 saturated heterocycles. The quantitative estimate of drug-likeness (QED) is 0.759. The zero-order chi connectivity index (χ0) is 20.5. The van der Waals surface area contributed by atoms with Gasteiger partial charge in [0.2, 0.25) is 15.9 Å². The van der Waals surface area contributed by atoms with Gasteiger partial charge < -0.3 is 14.4 Å². The molecule has 150 valence electrons. The first-order valence-corrected chi connectivity index (χ1v) is 10.0. The molecular formula is C19H21FN2O5S. The molecular weight excluding hydrogens is 387 g/mol. The summed E-state index contributed by atoms with van der Waals surface area (Å²) in [6.07, 6.45) is 0. The summed E-state index contributed by atoms with van der Waals surface area (Å²) in [5.41, 5.74) is 0.591. The van der Waals surface area contributed by atoms with Gasteiger partial charge in [0, 0.05) is 24.8 Å². The predicted molar refractivity (Wildman–Crippen MR) is 102 cm³/mol. The van der Waals surface area contributed by atoms with Gasteiger partial charge >= 0.3 is 0 Å². The van der Waals surface area contributed by atoms with Crippen LogP contribution in [0.15, 0.2) is 47.4 Å². The van der Waals surface area contributed by atoms with E-state index in [1.54, 1.807) is 18.2 Å². The van der Waals surface area contributed by atoms with E-state index in [4.69, 9.17) is 9.47 Å². The minimum Gasteiger partial charge on any atom is -0.493 e. The number of carbonyl (C=O) groups is 1. The molecule has 0 spiro atoms. The third-order valence-corrected chi connectivity index (χ3v) is 6.68. The number of carbonyl (C=O) groups excluding carboxylic acids is 1. The highest BCUT2D eigenvalue weighted by molar-refractivity contribution is 7.89. The monoisotopic (exact) mass is 408 g/mol. The maximum Gasteiger partial charge on any atom is 0.245 e. The summed E-state index contributed by atoms with van der Waals surface area (Å²) >= 11 is 0. The van der Waals surface area contributed by atoms with Crippen molar-refractivity contribution < 1.29 is 27.1 Å². The van der Waals surface area contributed by atoms with Gasteiger partial charge in [-0.25, -0.2) is 12.8 Å². The van der Waals surface area contributed by atoms with Gasteiger partial charge in [-0.2, -0.15) is 4.31 Å². The van der Waals surface area contributed by atoms with Crippen molar-refractivity contribution in [3.05, 3.63) is 48.3 Å². The van der Waals surface area contributed by atoms with Crippen molar-refractivity contribution in [3.63, 3.8) is 0 Å². The summed E-state index contributed by atoms with van der Waals surface area (Å²) in [4.78, 5) is 14.4. The number of piperazine rings is 1. The molecule has 0 aromatic heterocycles. The Balaban J connectivity index is 1.87. The number of rotatable bonds is 5. The van der Waals surface area contributed by atoms with E-state index in [2.05, 4.69) is 0 Å². The van der Waals surface area contributed by atoms with Gasteiger partial charge in [-0.05, 0) is 43.3 Å². The molecule has 2 aromatic rings. The SMILES string of the molecule is COc1ccc(N2CCN(S(=O)(=O)c3ccc(F)cc3)C(C)C2=O)cc1OC. The van der Waals surface area contributed by atoms with Gasteiger partial charge in [0.1, 0.15) is 11.9 Å². The maximum atomic E-state index is 13.1. The van der Waals surface area contributed by atoms with Crippen molar-refractivity contribution >= 4 is 21.6 Å². The molecule has 1 unspecified atom stereocenters. The van der Waals surface area contributed by atoms with Crippen molar-refractivity contribution in [2.24, 2.45) is 0 Å². The summed E-state index contributed by atoms with van der Waals surface area (Å²) in [5, 5.41) is 0. The number of anilines is 1. The molecule has 3 rings (SSSR count). The lowest BCUT2D eigenvalue weighted by atomic mass is 10.1. The van der Waals surface area contributed by atoms with Crippen LogP contribution in [-0.2, 0) is 14.8 Å². The van der Waals surface area contributed by atoms with Crippen LogP contribution in [0.2, 0.25) is 0 Å². The molecule has 7 nitrogen and oxygen atoms in total. The lowest BCUT2D eigenvalue weighted by Crippen LogP contribution is -2.57. The summed E-state index contributed by atoms with van der Waals surface area (Å²) in [6.45, 7) is 1.83. The molecule has 0 saturated carbocycles. The second kappa shape index (κ2) is 7.76. The number of amides is 1. The van der Waals surface area contributed by atoms with E-state index in [1.807, 2.05) is 0 Å². The van der Waals surface area contributed by atoms with E-state index in [0.29, 0.717) is 17.2 Å². The lowest BCUT2D eigenvalue weighted by Gasteiger charge is -2.38. The Morgan fingerprint density at radius 1 is 1.00 bits per heavy atom. The number of nitrogens with zero attached hydrogens (tertiary/aromatic N) is 2. The molecule has 0 radical (unpaired) electrons. The van der Waals surface area contributed by atoms with Crippen molar-refractivity contribution in [1.29, 1.82) is 0 Å². The van der Waals surface area contributed by atoms with Crippen molar-refractivity contribution in [2.45, 2.75) is 17.9 Å². The third kappa shape index (κ3) is 3.55. The molecule has 9 heteroatoms. The summed E-state index contributed by atoms with van der Waals surface area (Å²) in [6, 6.07) is 8.73. The number of halogens is 1. The Morgan fingerprint density at radius 2 is 1.64 bits per heavy atom. The standard InChI is InChI=1S/C19H21FN2O5S/c1-13-19(23)21(15-6-9-17(26-2)18(12-15)27-3)10-11-22(13)28(24,25)16-7-4-14(20)5-8-16/h4-9,12-13H,10-11H2,1-3H3. The molecule has 1 heterocycles. The minimum atomic E-state index is -3.92. The van der Waals surface area contributed by atoms with E-state index in [1.165, 1.54) is 38.2 Å². The number of benzene rings is 2. The Morgan fingerprint density at radius 3 is 2.25 bits per heavy atom. The highest BCUT2D eigenvalue weighted by Gasteiger charge is 2.39. The van der Waals surface area contributed by atoms with Crippen molar-refractivity contribution in [2.75, 3.05) is 32.2 Å². The summed E-state index contributed by atoms with van der Waals surface area (Å²) in [5.74, 6) is 0.122. The normalized spacial score (nSPS) is 18.2. The zero-order valence-corrected chi connectivity index (χ0v) is 16.6. The van der Waals surface area contributed by atoms with E-state index in [9.17, 15) is 17.6 Å². The average molecular weight is 408 g/mol. The van der Waals surface area contributed by atoms with Crippen LogP contribution in [0.1, 0.15) is 6.92 Å². The Labute approximate surface area is 163 Å². The van der Waals surface area contributed by atoms with Gasteiger partial charge in [0.25, 0.3) is 0 Å². The average Bonchev–Trinajstić information content (AvgIpc) is 2.69. The second-order valence-electron chi connectivity index (χ2n) is 6.27. The summed E-state index contributed by atoms with van der Waals surface area (Å²) in [7, 11) is -0.899. The highest BCUT2D eigenvalue weighted by atomic mass is 32.2. The van der Waals surface area contributed by atoms with Crippen LogP contribution < -0.4 is 14.4 Å². The molecule has 0 aliphatic carbocycles. The van der Waals surface area contributed by atoms with Gasteiger partial charge in [-0.1, -0.05) is 0 Å². The topological polar surface area (TPSA) is 76.2 Å². The van der Waals surface area contributed by atoms with E-state index in [0.717, 1.165) is 16.4 Å². The smallest absolute Gasteiger partial charge is 0.245 e. The third-order valence-electron chi connectivity index (χ3n) is 4.70. The first kappa shape index (κ1) is 20.1. The van der Waals surface area contributed by atoms with Crippen LogP contribution in [0.3, 0.4) is 0 Å². The maximum absolute atomic E-state index is 13.1. The number of ether oxygens (including phenoxy) is 2.